The van der Waals surface area contributed by atoms with Crippen molar-refractivity contribution < 1.29 is 9.59 Å². The third-order valence-electron chi connectivity index (χ3n) is 5.91. The molecule has 2 aromatic rings. The summed E-state index contributed by atoms with van der Waals surface area (Å²) < 4.78 is 0. The van der Waals surface area contributed by atoms with Gasteiger partial charge < -0.3 is 15.5 Å². The van der Waals surface area contributed by atoms with Crippen molar-refractivity contribution in [3.05, 3.63) is 29.8 Å². The maximum absolute atomic E-state index is 12.3. The van der Waals surface area contributed by atoms with E-state index >= 15 is 0 Å². The van der Waals surface area contributed by atoms with Crippen LogP contribution in [0.1, 0.15) is 58.4 Å². The Morgan fingerprint density at radius 3 is 2.52 bits per heavy atom. The van der Waals surface area contributed by atoms with Crippen LogP contribution in [0.15, 0.2) is 24.3 Å². The first-order valence-electron chi connectivity index (χ1n) is 11.6. The van der Waals surface area contributed by atoms with E-state index in [1.54, 1.807) is 0 Å². The van der Waals surface area contributed by atoms with Crippen molar-refractivity contribution >= 4 is 34.2 Å². The molecule has 2 amide bonds. The Bertz CT molecular complexity index is 917. The van der Waals surface area contributed by atoms with E-state index in [1.165, 1.54) is 6.42 Å². The van der Waals surface area contributed by atoms with Crippen LogP contribution in [0.3, 0.4) is 0 Å². The number of fused-ring (bicyclic) bond motifs is 1. The summed E-state index contributed by atoms with van der Waals surface area (Å²) in [6.07, 6.45) is 3.65. The van der Waals surface area contributed by atoms with Crippen LogP contribution in [0.4, 0.5) is 11.5 Å². The predicted octanol–water partition coefficient (Wildman–Crippen LogP) is 4.66. The third kappa shape index (κ3) is 6.42. The Morgan fingerprint density at radius 1 is 1.10 bits per heavy atom. The number of hydrogen-bond acceptors (Lipinski definition) is 4. The first-order chi connectivity index (χ1) is 14.9. The van der Waals surface area contributed by atoms with Crippen molar-refractivity contribution in [1.29, 1.82) is 0 Å². The minimum absolute atomic E-state index is 0.0731. The molecule has 2 heterocycles. The molecule has 1 aliphatic heterocycles. The summed E-state index contributed by atoms with van der Waals surface area (Å²) in [7, 11) is 0. The molecular weight excluding hydrogens is 388 g/mol. The van der Waals surface area contributed by atoms with Gasteiger partial charge in [0.1, 0.15) is 5.82 Å². The number of nitrogens with one attached hydrogen (secondary N) is 2. The first kappa shape index (κ1) is 23.0. The van der Waals surface area contributed by atoms with E-state index in [9.17, 15) is 9.59 Å². The molecule has 6 nitrogen and oxygen atoms in total. The fourth-order valence-corrected chi connectivity index (χ4v) is 4.41. The van der Waals surface area contributed by atoms with Gasteiger partial charge in [-0.15, -0.1) is 0 Å². The average molecular weight is 425 g/mol. The Labute approximate surface area is 185 Å². The maximum atomic E-state index is 12.3. The highest BCUT2D eigenvalue weighted by atomic mass is 16.2. The molecule has 1 fully saturated rings. The lowest BCUT2D eigenvalue weighted by atomic mass is 9.92. The van der Waals surface area contributed by atoms with Gasteiger partial charge in [-0.05, 0) is 61.4 Å². The number of piperidine rings is 1. The first-order valence-corrected chi connectivity index (χ1v) is 11.6. The molecule has 2 atom stereocenters. The van der Waals surface area contributed by atoms with E-state index < -0.39 is 0 Å². The van der Waals surface area contributed by atoms with Crippen LogP contribution < -0.4 is 15.5 Å². The normalized spacial score (nSPS) is 18.8. The zero-order valence-electron chi connectivity index (χ0n) is 19.3. The van der Waals surface area contributed by atoms with E-state index in [2.05, 4.69) is 49.3 Å². The number of carbonyl (C=O) groups is 2. The largest absolute Gasteiger partial charge is 0.356 e. The molecule has 0 unspecified atom stereocenters. The second-order valence-electron chi connectivity index (χ2n) is 9.13. The number of carbonyl (C=O) groups excluding carboxylic acids is 2. The van der Waals surface area contributed by atoms with E-state index in [0.29, 0.717) is 18.4 Å². The molecule has 1 aromatic carbocycles. The zero-order chi connectivity index (χ0) is 22.4. The summed E-state index contributed by atoms with van der Waals surface area (Å²) in [4.78, 5) is 31.4. The molecule has 1 saturated heterocycles. The van der Waals surface area contributed by atoms with Crippen LogP contribution in [0, 0.1) is 18.8 Å². The van der Waals surface area contributed by atoms with E-state index in [0.717, 1.165) is 53.9 Å². The Hall–Kier alpha value is -2.63. The highest BCUT2D eigenvalue weighted by Gasteiger charge is 2.23. The predicted molar refractivity (Wildman–Crippen MR) is 127 cm³/mol. The number of rotatable bonds is 8. The molecule has 0 radical (unpaired) electrons. The summed E-state index contributed by atoms with van der Waals surface area (Å²) in [6.45, 7) is 11.5. The lowest BCUT2D eigenvalue weighted by Gasteiger charge is -2.36. The quantitative estimate of drug-likeness (QED) is 0.605. The molecule has 0 bridgehead atoms. The van der Waals surface area contributed by atoms with Crippen LogP contribution in [0.5, 0.6) is 0 Å². The third-order valence-corrected chi connectivity index (χ3v) is 5.91. The lowest BCUT2D eigenvalue weighted by molar-refractivity contribution is -0.124. The molecule has 2 N–H and O–H groups in total. The summed E-state index contributed by atoms with van der Waals surface area (Å²) in [6, 6.07) is 7.98. The Balaban J connectivity index is 1.64. The number of unbranched alkanes of at least 4 members (excludes halogenated alkanes) is 1. The van der Waals surface area contributed by atoms with Crippen molar-refractivity contribution in [3.63, 3.8) is 0 Å². The van der Waals surface area contributed by atoms with Crippen LogP contribution in [0.2, 0.25) is 0 Å². The summed E-state index contributed by atoms with van der Waals surface area (Å²) in [5, 5.41) is 6.80. The SMILES string of the molecule is CCCCNC(=O)CCC(=O)Nc1ccc2nc(N3C[C@@H](C)C[C@H](C)C3)cc(C)c2c1. The minimum Gasteiger partial charge on any atom is -0.356 e. The van der Waals surface area contributed by atoms with Crippen molar-refractivity contribution in [2.24, 2.45) is 11.8 Å². The van der Waals surface area contributed by atoms with Crippen LogP contribution in [-0.2, 0) is 9.59 Å². The number of amides is 2. The van der Waals surface area contributed by atoms with Gasteiger partial charge in [0.05, 0.1) is 5.52 Å². The van der Waals surface area contributed by atoms with Gasteiger partial charge in [0, 0.05) is 43.5 Å². The molecule has 0 aliphatic carbocycles. The molecule has 3 rings (SSSR count). The molecule has 1 aliphatic rings. The van der Waals surface area contributed by atoms with Gasteiger partial charge in [-0.3, -0.25) is 9.59 Å². The number of aryl methyl sites for hydroxylation is 1. The fourth-order valence-electron chi connectivity index (χ4n) is 4.41. The molecule has 1 aromatic heterocycles. The second kappa shape index (κ2) is 10.6. The molecular formula is C25H36N4O2. The highest BCUT2D eigenvalue weighted by molar-refractivity contribution is 5.96. The van der Waals surface area contributed by atoms with Gasteiger partial charge in [-0.2, -0.15) is 0 Å². The molecule has 31 heavy (non-hydrogen) atoms. The fraction of sp³-hybridized carbons (Fsp3) is 0.560. The molecule has 0 spiro atoms. The number of anilines is 2. The highest BCUT2D eigenvalue weighted by Crippen LogP contribution is 2.29. The summed E-state index contributed by atoms with van der Waals surface area (Å²) >= 11 is 0. The van der Waals surface area contributed by atoms with Crippen LogP contribution in [0.25, 0.3) is 10.9 Å². The molecule has 168 valence electrons. The monoisotopic (exact) mass is 424 g/mol. The topological polar surface area (TPSA) is 74.3 Å². The smallest absolute Gasteiger partial charge is 0.224 e. The number of benzene rings is 1. The standard InChI is InChI=1S/C25H36N4O2/c1-5-6-11-26-24(30)9-10-25(31)27-20-7-8-22-21(14-20)19(4)13-23(28-22)29-15-17(2)12-18(3)16-29/h7-8,13-14,17-18H,5-6,9-12,15-16H2,1-4H3,(H,26,30)(H,27,31)/t17-,18-/m0/s1. The van der Waals surface area contributed by atoms with Gasteiger partial charge in [0.25, 0.3) is 0 Å². The van der Waals surface area contributed by atoms with Crippen molar-refractivity contribution in [1.82, 2.24) is 10.3 Å². The van der Waals surface area contributed by atoms with E-state index in [1.807, 2.05) is 18.2 Å². The van der Waals surface area contributed by atoms with Gasteiger partial charge in [0.2, 0.25) is 11.8 Å². The van der Waals surface area contributed by atoms with E-state index in [-0.39, 0.29) is 24.7 Å². The zero-order valence-corrected chi connectivity index (χ0v) is 19.3. The Kier molecular flexibility index (Phi) is 7.88. The second-order valence-corrected chi connectivity index (χ2v) is 9.13. The van der Waals surface area contributed by atoms with Crippen molar-refractivity contribution in [3.8, 4) is 0 Å². The number of nitrogens with zero attached hydrogens (tertiary/aromatic N) is 2. The summed E-state index contributed by atoms with van der Waals surface area (Å²) in [5.41, 5.74) is 2.83. The van der Waals surface area contributed by atoms with Gasteiger partial charge in [-0.25, -0.2) is 4.98 Å². The summed E-state index contributed by atoms with van der Waals surface area (Å²) in [5.74, 6) is 2.16. The number of hydrogen-bond donors (Lipinski definition) is 2. The number of aromatic nitrogens is 1. The minimum atomic E-state index is -0.150. The van der Waals surface area contributed by atoms with Crippen molar-refractivity contribution in [2.45, 2.75) is 59.8 Å². The van der Waals surface area contributed by atoms with Crippen molar-refractivity contribution in [2.75, 3.05) is 29.9 Å². The average Bonchev–Trinajstić information content (AvgIpc) is 2.72. The Morgan fingerprint density at radius 2 is 1.81 bits per heavy atom. The molecule has 6 heteroatoms. The van der Waals surface area contributed by atoms with Crippen LogP contribution in [-0.4, -0.2) is 36.4 Å². The van der Waals surface area contributed by atoms with Gasteiger partial charge in [-0.1, -0.05) is 27.2 Å². The van der Waals surface area contributed by atoms with Gasteiger partial charge in [0.15, 0.2) is 0 Å². The molecule has 0 saturated carbocycles. The van der Waals surface area contributed by atoms with E-state index in [4.69, 9.17) is 4.98 Å². The van der Waals surface area contributed by atoms with Gasteiger partial charge >= 0.3 is 0 Å². The number of pyridine rings is 1. The maximum Gasteiger partial charge on any atom is 0.224 e. The lowest BCUT2D eigenvalue weighted by Crippen LogP contribution is -2.39. The van der Waals surface area contributed by atoms with Crippen LogP contribution >= 0.6 is 0 Å².